The summed E-state index contributed by atoms with van der Waals surface area (Å²) in [6, 6.07) is -0.567. The summed E-state index contributed by atoms with van der Waals surface area (Å²) in [7, 11) is 0. The molecule has 0 aromatic rings. The van der Waals surface area contributed by atoms with E-state index in [9.17, 15) is 9.59 Å². The molecule has 15 heavy (non-hydrogen) atoms. The summed E-state index contributed by atoms with van der Waals surface area (Å²) in [6.45, 7) is 0.622. The van der Waals surface area contributed by atoms with Gasteiger partial charge >= 0.3 is 5.97 Å². The van der Waals surface area contributed by atoms with Crippen molar-refractivity contribution in [2.24, 2.45) is 5.92 Å². The third-order valence-corrected chi connectivity index (χ3v) is 4.26. The molecule has 0 aromatic heterocycles. The molecule has 1 amide bonds. The number of carbonyl (C=O) groups is 2. The van der Waals surface area contributed by atoms with Crippen molar-refractivity contribution in [3.63, 3.8) is 0 Å². The number of rotatable bonds is 2. The lowest BCUT2D eigenvalue weighted by atomic mass is 10.1. The van der Waals surface area contributed by atoms with Crippen LogP contribution >= 0.6 is 11.8 Å². The van der Waals surface area contributed by atoms with Gasteiger partial charge in [0.25, 0.3) is 0 Å². The lowest BCUT2D eigenvalue weighted by Crippen LogP contribution is -2.43. The van der Waals surface area contributed by atoms with E-state index in [0.717, 1.165) is 24.3 Å². The molecule has 5 heteroatoms. The van der Waals surface area contributed by atoms with Gasteiger partial charge in [0.2, 0.25) is 5.91 Å². The largest absolute Gasteiger partial charge is 0.480 e. The molecule has 4 nitrogen and oxygen atoms in total. The standard InChI is InChI=1S/C10H15NO3S/c12-9(7-3-5-15-6-7)11-4-1-2-8(11)10(13)14/h7-8H,1-6H2,(H,13,14)/t7?,8-/m0/s1. The molecule has 1 N–H and O–H groups in total. The highest BCUT2D eigenvalue weighted by atomic mass is 32.2. The van der Waals surface area contributed by atoms with Crippen molar-refractivity contribution in [1.82, 2.24) is 4.90 Å². The molecule has 0 aromatic carbocycles. The van der Waals surface area contributed by atoms with E-state index in [4.69, 9.17) is 5.11 Å². The summed E-state index contributed by atoms with van der Waals surface area (Å²) in [4.78, 5) is 24.5. The molecular formula is C10H15NO3S. The maximum absolute atomic E-state index is 12.0. The lowest BCUT2D eigenvalue weighted by molar-refractivity contribution is -0.149. The first kappa shape index (κ1) is 10.8. The zero-order valence-electron chi connectivity index (χ0n) is 8.52. The topological polar surface area (TPSA) is 57.6 Å². The molecule has 0 bridgehead atoms. The molecule has 0 radical (unpaired) electrons. The van der Waals surface area contributed by atoms with Gasteiger partial charge in [-0.2, -0.15) is 11.8 Å². The van der Waals surface area contributed by atoms with Gasteiger partial charge in [-0.05, 0) is 25.0 Å². The Morgan fingerprint density at radius 3 is 2.73 bits per heavy atom. The summed E-state index contributed by atoms with van der Waals surface area (Å²) in [6.07, 6.45) is 2.34. The van der Waals surface area contributed by atoms with Gasteiger partial charge < -0.3 is 10.0 Å². The molecule has 2 aliphatic heterocycles. The van der Waals surface area contributed by atoms with Crippen LogP contribution in [0.1, 0.15) is 19.3 Å². The van der Waals surface area contributed by atoms with Crippen molar-refractivity contribution in [2.45, 2.75) is 25.3 Å². The molecule has 0 spiro atoms. The fourth-order valence-electron chi connectivity index (χ4n) is 2.25. The number of amides is 1. The lowest BCUT2D eigenvalue weighted by Gasteiger charge is -2.24. The van der Waals surface area contributed by atoms with E-state index in [-0.39, 0.29) is 11.8 Å². The molecule has 84 valence electrons. The van der Waals surface area contributed by atoms with Crippen LogP contribution in [0, 0.1) is 5.92 Å². The van der Waals surface area contributed by atoms with Crippen LogP contribution in [0.15, 0.2) is 0 Å². The van der Waals surface area contributed by atoms with Crippen LogP contribution in [0.25, 0.3) is 0 Å². The number of hydrogen-bond donors (Lipinski definition) is 1. The zero-order valence-corrected chi connectivity index (χ0v) is 9.33. The highest BCUT2D eigenvalue weighted by Gasteiger charge is 2.37. The molecule has 1 unspecified atom stereocenters. The fraction of sp³-hybridized carbons (Fsp3) is 0.800. The summed E-state index contributed by atoms with van der Waals surface area (Å²) < 4.78 is 0. The van der Waals surface area contributed by atoms with Crippen LogP contribution in [0.4, 0.5) is 0 Å². The maximum Gasteiger partial charge on any atom is 0.326 e. The average molecular weight is 229 g/mol. The molecule has 2 aliphatic rings. The molecule has 0 saturated carbocycles. The van der Waals surface area contributed by atoms with Crippen LogP contribution in [-0.4, -0.2) is 46.0 Å². The summed E-state index contributed by atoms with van der Waals surface area (Å²) in [5.41, 5.74) is 0. The Labute approximate surface area is 93.0 Å². The van der Waals surface area contributed by atoms with Gasteiger partial charge in [-0.1, -0.05) is 0 Å². The number of nitrogens with zero attached hydrogens (tertiary/aromatic N) is 1. The Morgan fingerprint density at radius 2 is 2.13 bits per heavy atom. The molecule has 2 saturated heterocycles. The number of thioether (sulfide) groups is 1. The van der Waals surface area contributed by atoms with Crippen molar-refractivity contribution in [3.05, 3.63) is 0 Å². The second-order valence-corrected chi connectivity index (χ2v) is 5.24. The minimum atomic E-state index is -0.855. The molecule has 2 fully saturated rings. The fourth-order valence-corrected chi connectivity index (χ4v) is 3.46. The van der Waals surface area contributed by atoms with E-state index in [1.807, 2.05) is 0 Å². The third kappa shape index (κ3) is 2.12. The first-order valence-electron chi connectivity index (χ1n) is 5.31. The average Bonchev–Trinajstić information content (AvgIpc) is 2.88. The van der Waals surface area contributed by atoms with Crippen LogP contribution < -0.4 is 0 Å². The normalized spacial score (nSPS) is 30.8. The predicted octanol–water partition coefficient (Wildman–Crippen LogP) is 0.815. The van der Waals surface area contributed by atoms with Crippen LogP contribution in [0.2, 0.25) is 0 Å². The van der Waals surface area contributed by atoms with E-state index in [1.54, 1.807) is 16.7 Å². The molecule has 0 aliphatic carbocycles. The van der Waals surface area contributed by atoms with Gasteiger partial charge in [-0.3, -0.25) is 4.79 Å². The summed E-state index contributed by atoms with van der Waals surface area (Å²) >= 11 is 1.78. The Kier molecular flexibility index (Phi) is 3.19. The van der Waals surface area contributed by atoms with Crippen molar-refractivity contribution in [2.75, 3.05) is 18.1 Å². The van der Waals surface area contributed by atoms with Gasteiger partial charge in [0.15, 0.2) is 0 Å². The van der Waals surface area contributed by atoms with Crippen molar-refractivity contribution in [3.8, 4) is 0 Å². The van der Waals surface area contributed by atoms with Crippen LogP contribution in [-0.2, 0) is 9.59 Å². The van der Waals surface area contributed by atoms with Crippen molar-refractivity contribution in [1.29, 1.82) is 0 Å². The first-order chi connectivity index (χ1) is 7.20. The van der Waals surface area contributed by atoms with Crippen molar-refractivity contribution < 1.29 is 14.7 Å². The molecular weight excluding hydrogens is 214 g/mol. The van der Waals surface area contributed by atoms with Gasteiger partial charge in [0, 0.05) is 18.2 Å². The monoisotopic (exact) mass is 229 g/mol. The van der Waals surface area contributed by atoms with E-state index < -0.39 is 12.0 Å². The Bertz CT molecular complexity index is 276. The molecule has 2 heterocycles. The number of likely N-dealkylation sites (tertiary alicyclic amines) is 1. The molecule has 2 rings (SSSR count). The van der Waals surface area contributed by atoms with Gasteiger partial charge in [0.1, 0.15) is 6.04 Å². The minimum absolute atomic E-state index is 0.0601. The number of hydrogen-bond acceptors (Lipinski definition) is 3. The predicted molar refractivity (Wildman–Crippen MR) is 57.8 cm³/mol. The highest BCUT2D eigenvalue weighted by Crippen LogP contribution is 2.28. The van der Waals surface area contributed by atoms with Crippen molar-refractivity contribution >= 4 is 23.6 Å². The highest BCUT2D eigenvalue weighted by molar-refractivity contribution is 7.99. The number of aliphatic carboxylic acids is 1. The third-order valence-electron chi connectivity index (χ3n) is 3.10. The van der Waals surface area contributed by atoms with E-state index >= 15 is 0 Å². The SMILES string of the molecule is O=C(O)[C@@H]1CCCN1C(=O)C1CCSC1. The smallest absolute Gasteiger partial charge is 0.326 e. The van der Waals surface area contributed by atoms with E-state index in [0.29, 0.717) is 13.0 Å². The Balaban J connectivity index is 2.02. The van der Waals surface area contributed by atoms with E-state index in [1.165, 1.54) is 0 Å². The van der Waals surface area contributed by atoms with Gasteiger partial charge in [-0.25, -0.2) is 4.79 Å². The summed E-state index contributed by atoms with van der Waals surface area (Å²) in [5, 5.41) is 8.98. The van der Waals surface area contributed by atoms with Gasteiger partial charge in [-0.15, -0.1) is 0 Å². The zero-order chi connectivity index (χ0) is 10.8. The number of carboxylic acid groups (broad SMARTS) is 1. The maximum atomic E-state index is 12.0. The second kappa shape index (κ2) is 4.43. The number of carboxylic acids is 1. The second-order valence-electron chi connectivity index (χ2n) is 4.09. The first-order valence-corrected chi connectivity index (χ1v) is 6.46. The van der Waals surface area contributed by atoms with Gasteiger partial charge in [0.05, 0.1) is 0 Å². The van der Waals surface area contributed by atoms with Crippen LogP contribution in [0.5, 0.6) is 0 Å². The quantitative estimate of drug-likeness (QED) is 0.761. The Morgan fingerprint density at radius 1 is 1.33 bits per heavy atom. The molecule has 2 atom stereocenters. The van der Waals surface area contributed by atoms with Crippen LogP contribution in [0.3, 0.4) is 0 Å². The number of carbonyl (C=O) groups excluding carboxylic acids is 1. The van der Waals surface area contributed by atoms with E-state index in [2.05, 4.69) is 0 Å². The Hall–Kier alpha value is -0.710. The minimum Gasteiger partial charge on any atom is -0.480 e. The summed E-state index contributed by atoms with van der Waals surface area (Å²) in [5.74, 6) is 1.16.